The van der Waals surface area contributed by atoms with Gasteiger partial charge in [0.15, 0.2) is 11.5 Å². The molecule has 0 bridgehead atoms. The molecule has 9 nitrogen and oxygen atoms in total. The van der Waals surface area contributed by atoms with Crippen molar-refractivity contribution in [2.45, 2.75) is 71.0 Å². The number of carbonyl (C=O) groups is 2. The molecule has 0 unspecified atom stereocenters. The van der Waals surface area contributed by atoms with E-state index in [0.29, 0.717) is 43.4 Å². The molecule has 212 valence electrons. The highest BCUT2D eigenvalue weighted by molar-refractivity contribution is 7.92. The molecule has 0 spiro atoms. The van der Waals surface area contributed by atoms with Crippen LogP contribution >= 0.6 is 0 Å². The van der Waals surface area contributed by atoms with E-state index >= 15 is 0 Å². The number of hydrogen-bond donors (Lipinski definition) is 1. The summed E-state index contributed by atoms with van der Waals surface area (Å²) in [6.45, 7) is 5.01. The van der Waals surface area contributed by atoms with Crippen molar-refractivity contribution in [2.75, 3.05) is 30.3 Å². The van der Waals surface area contributed by atoms with Crippen molar-refractivity contribution in [1.82, 2.24) is 10.2 Å². The summed E-state index contributed by atoms with van der Waals surface area (Å²) in [5, 5.41) is 3.11. The van der Waals surface area contributed by atoms with Crippen LogP contribution in [0.3, 0.4) is 0 Å². The predicted octanol–water partition coefficient (Wildman–Crippen LogP) is 3.79. The number of carbonyl (C=O) groups excluding carboxylic acids is 2. The number of ether oxygens (including phenoxy) is 2. The Morgan fingerprint density at radius 2 is 1.77 bits per heavy atom. The van der Waals surface area contributed by atoms with Crippen molar-refractivity contribution in [3.05, 3.63) is 53.6 Å². The molecule has 2 aliphatic rings. The van der Waals surface area contributed by atoms with E-state index in [2.05, 4.69) is 5.32 Å². The number of aryl methyl sites for hydroxylation is 1. The lowest BCUT2D eigenvalue weighted by Gasteiger charge is -2.30. The summed E-state index contributed by atoms with van der Waals surface area (Å²) < 4.78 is 37.7. The third-order valence-corrected chi connectivity index (χ3v) is 8.46. The lowest BCUT2D eigenvalue weighted by Crippen LogP contribution is -2.49. The Balaban J connectivity index is 1.45. The van der Waals surface area contributed by atoms with Gasteiger partial charge in [-0.15, -0.1) is 0 Å². The van der Waals surface area contributed by atoms with Gasteiger partial charge in [-0.3, -0.25) is 13.9 Å². The highest BCUT2D eigenvalue weighted by Gasteiger charge is 2.29. The zero-order valence-electron chi connectivity index (χ0n) is 23.0. The second kappa shape index (κ2) is 12.7. The lowest BCUT2D eigenvalue weighted by atomic mass is 10.1. The van der Waals surface area contributed by atoms with E-state index < -0.39 is 16.1 Å². The number of nitrogens with one attached hydrogen (secondary N) is 1. The van der Waals surface area contributed by atoms with Crippen LogP contribution in [-0.4, -0.2) is 63.2 Å². The normalized spacial score (nSPS) is 16.0. The number of anilines is 1. The number of nitrogens with zero attached hydrogens (tertiary/aromatic N) is 2. The third kappa shape index (κ3) is 7.65. The summed E-state index contributed by atoms with van der Waals surface area (Å²) in [7, 11) is -3.61. The molecule has 1 N–H and O–H groups in total. The summed E-state index contributed by atoms with van der Waals surface area (Å²) >= 11 is 0. The van der Waals surface area contributed by atoms with Gasteiger partial charge in [-0.1, -0.05) is 42.7 Å². The first-order chi connectivity index (χ1) is 18.6. The Hall–Kier alpha value is -3.27. The summed E-state index contributed by atoms with van der Waals surface area (Å²) in [6, 6.07) is 12.4. The smallest absolute Gasteiger partial charge is 0.242 e. The van der Waals surface area contributed by atoms with Gasteiger partial charge in [0, 0.05) is 31.6 Å². The number of sulfonamides is 1. The lowest BCUT2D eigenvalue weighted by molar-refractivity contribution is -0.141. The van der Waals surface area contributed by atoms with Gasteiger partial charge in [-0.05, 0) is 50.8 Å². The van der Waals surface area contributed by atoms with E-state index in [1.54, 1.807) is 30.0 Å². The highest BCUT2D eigenvalue weighted by atomic mass is 32.2. The van der Waals surface area contributed by atoms with Crippen LogP contribution < -0.4 is 19.1 Å². The number of rotatable bonds is 11. The van der Waals surface area contributed by atoms with Gasteiger partial charge in [0.05, 0.1) is 11.9 Å². The Morgan fingerprint density at radius 1 is 1.05 bits per heavy atom. The molecule has 1 saturated carbocycles. The van der Waals surface area contributed by atoms with Crippen molar-refractivity contribution in [3.8, 4) is 11.5 Å². The fourth-order valence-corrected chi connectivity index (χ4v) is 6.13. The first kappa shape index (κ1) is 28.7. The quantitative estimate of drug-likeness (QED) is 0.451. The summed E-state index contributed by atoms with van der Waals surface area (Å²) in [6.07, 6.45) is 5.67. The minimum atomic E-state index is -3.61. The Morgan fingerprint density at radius 3 is 2.46 bits per heavy atom. The van der Waals surface area contributed by atoms with E-state index in [0.717, 1.165) is 43.1 Å². The molecule has 2 amide bonds. The molecular weight excluding hydrogens is 518 g/mol. The molecule has 1 aliphatic heterocycles. The monoisotopic (exact) mass is 557 g/mol. The summed E-state index contributed by atoms with van der Waals surface area (Å²) in [5.74, 6) is 0.721. The standard InChI is InChI=1S/C29H39N3O6S/c1-21-8-6-9-23(18-21)20-31(22(2)29(34)30-24-10-4-5-11-24)28(33)12-7-15-32(39(3,35)36)25-13-14-26-27(19-25)38-17-16-37-26/h6,8-9,13-14,18-19,22,24H,4-5,7,10-12,15-17,20H2,1-3H3,(H,30,34)/t22-/m1/s1. The minimum absolute atomic E-state index is 0.101. The zero-order valence-corrected chi connectivity index (χ0v) is 23.8. The van der Waals surface area contributed by atoms with Crippen LogP contribution in [0.25, 0.3) is 0 Å². The molecule has 1 heterocycles. The maximum atomic E-state index is 13.5. The van der Waals surface area contributed by atoms with E-state index in [1.165, 1.54) is 4.31 Å². The molecule has 0 saturated heterocycles. The number of benzene rings is 2. The van der Waals surface area contributed by atoms with Crippen LogP contribution in [-0.2, 0) is 26.2 Å². The molecule has 10 heteroatoms. The van der Waals surface area contributed by atoms with Crippen molar-refractivity contribution in [2.24, 2.45) is 0 Å². The van der Waals surface area contributed by atoms with Gasteiger partial charge < -0.3 is 19.7 Å². The first-order valence-corrected chi connectivity index (χ1v) is 15.5. The largest absolute Gasteiger partial charge is 0.486 e. The van der Waals surface area contributed by atoms with E-state index in [4.69, 9.17) is 9.47 Å². The number of hydrogen-bond acceptors (Lipinski definition) is 6. The van der Waals surface area contributed by atoms with E-state index in [9.17, 15) is 18.0 Å². The van der Waals surface area contributed by atoms with Gasteiger partial charge in [0.25, 0.3) is 0 Å². The summed E-state index contributed by atoms with van der Waals surface area (Å²) in [5.41, 5.74) is 2.47. The topological polar surface area (TPSA) is 105 Å². The van der Waals surface area contributed by atoms with Crippen LogP contribution in [0.15, 0.2) is 42.5 Å². The average Bonchev–Trinajstić information content (AvgIpc) is 3.41. The molecule has 1 atom stereocenters. The Kier molecular flexibility index (Phi) is 9.37. The van der Waals surface area contributed by atoms with Gasteiger partial charge in [0.1, 0.15) is 19.3 Å². The van der Waals surface area contributed by atoms with Gasteiger partial charge in [-0.2, -0.15) is 0 Å². The van der Waals surface area contributed by atoms with Gasteiger partial charge >= 0.3 is 0 Å². The maximum absolute atomic E-state index is 13.5. The molecule has 1 fully saturated rings. The zero-order chi connectivity index (χ0) is 28.0. The predicted molar refractivity (Wildman–Crippen MR) is 150 cm³/mol. The van der Waals surface area contributed by atoms with Crippen LogP contribution in [0.1, 0.15) is 56.6 Å². The van der Waals surface area contributed by atoms with E-state index in [-0.39, 0.29) is 30.8 Å². The first-order valence-electron chi connectivity index (χ1n) is 13.6. The van der Waals surface area contributed by atoms with Gasteiger partial charge in [-0.25, -0.2) is 8.42 Å². The van der Waals surface area contributed by atoms with E-state index in [1.807, 2.05) is 31.2 Å². The molecule has 1 aliphatic carbocycles. The SMILES string of the molecule is Cc1cccc(CN(C(=O)CCCN(c2ccc3c(c2)OCCO3)S(C)(=O)=O)[C@H](C)C(=O)NC2CCCC2)c1. The van der Waals surface area contributed by atoms with Crippen LogP contribution in [0.5, 0.6) is 11.5 Å². The fraction of sp³-hybridized carbons (Fsp3) is 0.517. The maximum Gasteiger partial charge on any atom is 0.242 e. The molecule has 39 heavy (non-hydrogen) atoms. The van der Waals surface area contributed by atoms with Crippen molar-refractivity contribution >= 4 is 27.5 Å². The van der Waals surface area contributed by atoms with Crippen molar-refractivity contribution in [1.29, 1.82) is 0 Å². The number of amides is 2. The molecule has 2 aromatic carbocycles. The molecule has 4 rings (SSSR count). The number of fused-ring (bicyclic) bond motifs is 1. The van der Waals surface area contributed by atoms with Crippen molar-refractivity contribution < 1.29 is 27.5 Å². The van der Waals surface area contributed by atoms with Crippen LogP contribution in [0, 0.1) is 6.92 Å². The molecule has 0 aromatic heterocycles. The van der Waals surface area contributed by atoms with Crippen molar-refractivity contribution in [3.63, 3.8) is 0 Å². The van der Waals surface area contributed by atoms with Gasteiger partial charge in [0.2, 0.25) is 21.8 Å². The fourth-order valence-electron chi connectivity index (χ4n) is 5.17. The Labute approximate surface area is 231 Å². The summed E-state index contributed by atoms with van der Waals surface area (Å²) in [4.78, 5) is 28.2. The molecular formula is C29H39N3O6S. The third-order valence-electron chi connectivity index (χ3n) is 7.27. The van der Waals surface area contributed by atoms with Crippen LogP contribution in [0.2, 0.25) is 0 Å². The highest BCUT2D eigenvalue weighted by Crippen LogP contribution is 2.34. The average molecular weight is 558 g/mol. The minimum Gasteiger partial charge on any atom is -0.486 e. The molecule has 0 radical (unpaired) electrons. The second-order valence-corrected chi connectivity index (χ2v) is 12.4. The van der Waals surface area contributed by atoms with Crippen LogP contribution in [0.4, 0.5) is 5.69 Å². The second-order valence-electron chi connectivity index (χ2n) is 10.4. The molecule has 2 aromatic rings. The Bertz CT molecular complexity index is 1280.